The molecule has 3 heterocycles. The van der Waals surface area contributed by atoms with Gasteiger partial charge in [0.1, 0.15) is 24.1 Å². The molecule has 6 rings (SSSR count). The molecule has 40 heavy (non-hydrogen) atoms. The van der Waals surface area contributed by atoms with Crippen LogP contribution in [0.15, 0.2) is 80.9 Å². The summed E-state index contributed by atoms with van der Waals surface area (Å²) in [5, 5.41) is 11.9. The Labute approximate surface area is 233 Å². The van der Waals surface area contributed by atoms with Gasteiger partial charge in [0.2, 0.25) is 0 Å². The van der Waals surface area contributed by atoms with E-state index in [0.29, 0.717) is 24.6 Å². The van der Waals surface area contributed by atoms with Gasteiger partial charge in [0.05, 0.1) is 18.3 Å². The van der Waals surface area contributed by atoms with E-state index >= 15 is 0 Å². The number of aliphatic imine (C=N–C) groups is 3. The molecule has 0 spiro atoms. The molecule has 10 nitrogen and oxygen atoms in total. The summed E-state index contributed by atoms with van der Waals surface area (Å²) in [6.07, 6.45) is 6.13. The minimum atomic E-state index is -0.497. The second kappa shape index (κ2) is 10.7. The van der Waals surface area contributed by atoms with Crippen molar-refractivity contribution in [3.05, 3.63) is 71.4 Å². The zero-order valence-electron chi connectivity index (χ0n) is 22.8. The number of hydrogen-bond acceptors (Lipinski definition) is 8. The molecule has 1 aliphatic carbocycles. The molecule has 1 saturated carbocycles. The van der Waals surface area contributed by atoms with Crippen LogP contribution in [0.25, 0.3) is 10.9 Å². The van der Waals surface area contributed by atoms with E-state index in [2.05, 4.69) is 55.0 Å². The zero-order valence-corrected chi connectivity index (χ0v) is 22.8. The summed E-state index contributed by atoms with van der Waals surface area (Å²) >= 11 is 0. The van der Waals surface area contributed by atoms with Crippen molar-refractivity contribution in [2.45, 2.75) is 70.3 Å². The molecule has 1 aromatic heterocycles. The van der Waals surface area contributed by atoms with Crippen LogP contribution in [0.1, 0.15) is 51.5 Å². The Morgan fingerprint density at radius 1 is 1.15 bits per heavy atom. The standard InChI is InChI=1S/C30H34N8O2/c1-3-23-25-27(35-21-9-10-24-20(15-21)16-34-38(24)17-19-7-5-4-6-8-19)32-18-33-28(25)36-26(23)37-29(39)40-22-11-13-30(2,31)14-12-22/h4-10,15-16,18,22,28H,3,11-14,17,31H2,1-2H3,(H,32,33,35)(H,36,37,39). The summed E-state index contributed by atoms with van der Waals surface area (Å²) < 4.78 is 7.69. The summed E-state index contributed by atoms with van der Waals surface area (Å²) in [4.78, 5) is 26.4. The summed E-state index contributed by atoms with van der Waals surface area (Å²) in [7, 11) is 0. The second-order valence-corrected chi connectivity index (χ2v) is 10.9. The number of carbonyl (C=O) groups excluding carboxylic acids is 1. The van der Waals surface area contributed by atoms with Gasteiger partial charge in [-0.25, -0.2) is 19.8 Å². The fraction of sp³-hybridized carbons (Fsp3) is 0.367. The van der Waals surface area contributed by atoms with E-state index in [0.717, 1.165) is 53.4 Å². The van der Waals surface area contributed by atoms with Crippen LogP contribution in [0.3, 0.4) is 0 Å². The number of nitrogens with one attached hydrogen (secondary N) is 2. The Balaban J connectivity index is 1.16. The van der Waals surface area contributed by atoms with Gasteiger partial charge >= 0.3 is 6.09 Å². The molecule has 2 aromatic carbocycles. The molecule has 1 unspecified atom stereocenters. The highest BCUT2D eigenvalue weighted by Gasteiger charge is 2.34. The van der Waals surface area contributed by atoms with Crippen molar-refractivity contribution in [3.8, 4) is 0 Å². The molecule has 206 valence electrons. The van der Waals surface area contributed by atoms with Crippen LogP contribution in [0.2, 0.25) is 0 Å². The fourth-order valence-electron chi connectivity index (χ4n) is 5.54. The number of fused-ring (bicyclic) bond motifs is 2. The smallest absolute Gasteiger partial charge is 0.413 e. The maximum Gasteiger partial charge on any atom is 0.413 e. The number of carbonyl (C=O) groups is 1. The first-order chi connectivity index (χ1) is 19.4. The van der Waals surface area contributed by atoms with Crippen molar-refractivity contribution in [2.75, 3.05) is 5.32 Å². The normalized spacial score (nSPS) is 24.0. The van der Waals surface area contributed by atoms with Crippen LogP contribution in [-0.4, -0.2) is 51.7 Å². The third-order valence-corrected chi connectivity index (χ3v) is 7.77. The van der Waals surface area contributed by atoms with Crippen LogP contribution in [0.4, 0.5) is 10.5 Å². The van der Waals surface area contributed by atoms with Gasteiger partial charge in [0.15, 0.2) is 6.17 Å². The van der Waals surface area contributed by atoms with Crippen molar-refractivity contribution in [2.24, 2.45) is 20.7 Å². The third kappa shape index (κ3) is 5.40. The molecule has 3 aromatic rings. The number of amides is 1. The Bertz CT molecular complexity index is 1540. The van der Waals surface area contributed by atoms with Crippen LogP contribution in [-0.2, 0) is 11.3 Å². The molecule has 10 heteroatoms. The Hall–Kier alpha value is -4.31. The van der Waals surface area contributed by atoms with Gasteiger partial charge in [-0.1, -0.05) is 37.3 Å². The highest BCUT2D eigenvalue weighted by Crippen LogP contribution is 2.30. The largest absolute Gasteiger partial charge is 0.446 e. The van der Waals surface area contributed by atoms with Gasteiger partial charge < -0.3 is 15.8 Å². The van der Waals surface area contributed by atoms with E-state index in [1.165, 1.54) is 11.9 Å². The van der Waals surface area contributed by atoms with E-state index < -0.39 is 12.3 Å². The van der Waals surface area contributed by atoms with E-state index in [1.54, 1.807) is 0 Å². The summed E-state index contributed by atoms with van der Waals surface area (Å²) in [6, 6.07) is 16.4. The molecule has 0 radical (unpaired) electrons. The van der Waals surface area contributed by atoms with Gasteiger partial charge in [0, 0.05) is 27.8 Å². The van der Waals surface area contributed by atoms with Crippen molar-refractivity contribution in [1.29, 1.82) is 0 Å². The Morgan fingerprint density at radius 3 is 2.73 bits per heavy atom. The third-order valence-electron chi connectivity index (χ3n) is 7.77. The van der Waals surface area contributed by atoms with Crippen LogP contribution >= 0.6 is 0 Å². The lowest BCUT2D eigenvalue weighted by Crippen LogP contribution is -2.43. The summed E-state index contributed by atoms with van der Waals surface area (Å²) in [6.45, 7) is 4.78. The van der Waals surface area contributed by atoms with Crippen molar-refractivity contribution in [3.63, 3.8) is 0 Å². The van der Waals surface area contributed by atoms with Gasteiger partial charge in [-0.15, -0.1) is 0 Å². The number of rotatable bonds is 5. The molecular formula is C30H34N8O2. The second-order valence-electron chi connectivity index (χ2n) is 10.9. The van der Waals surface area contributed by atoms with Gasteiger partial charge in [-0.2, -0.15) is 5.10 Å². The number of alkyl carbamates (subject to hydrolysis) is 1. The van der Waals surface area contributed by atoms with E-state index in [4.69, 9.17) is 10.5 Å². The fourth-order valence-corrected chi connectivity index (χ4v) is 5.54. The highest BCUT2D eigenvalue weighted by molar-refractivity contribution is 6.21. The summed E-state index contributed by atoms with van der Waals surface area (Å²) in [5.74, 6) is 1.15. The monoisotopic (exact) mass is 538 g/mol. The van der Waals surface area contributed by atoms with Gasteiger partial charge in [-0.05, 0) is 62.8 Å². The topological polar surface area (TPSA) is 131 Å². The van der Waals surface area contributed by atoms with Crippen LogP contribution in [0, 0.1) is 0 Å². The number of ether oxygens (including phenoxy) is 1. The molecule has 0 bridgehead atoms. The first-order valence-electron chi connectivity index (χ1n) is 13.8. The number of anilines is 1. The van der Waals surface area contributed by atoms with Crippen LogP contribution in [0.5, 0.6) is 0 Å². The van der Waals surface area contributed by atoms with E-state index in [9.17, 15) is 4.79 Å². The lowest BCUT2D eigenvalue weighted by atomic mass is 9.83. The maximum absolute atomic E-state index is 12.7. The summed E-state index contributed by atoms with van der Waals surface area (Å²) in [5.41, 5.74) is 10.9. The Morgan fingerprint density at radius 2 is 1.95 bits per heavy atom. The molecule has 4 N–H and O–H groups in total. The number of amidine groups is 2. The van der Waals surface area contributed by atoms with Crippen molar-refractivity contribution in [1.82, 2.24) is 15.1 Å². The minimum absolute atomic E-state index is 0.137. The predicted octanol–water partition coefficient (Wildman–Crippen LogP) is 4.77. The van der Waals surface area contributed by atoms with Gasteiger partial charge in [-0.3, -0.25) is 10.00 Å². The lowest BCUT2D eigenvalue weighted by Gasteiger charge is -2.33. The number of benzene rings is 2. The molecular weight excluding hydrogens is 504 g/mol. The number of aromatic nitrogens is 2. The van der Waals surface area contributed by atoms with Crippen molar-refractivity contribution >= 4 is 40.7 Å². The first-order valence-corrected chi connectivity index (χ1v) is 13.8. The minimum Gasteiger partial charge on any atom is -0.446 e. The highest BCUT2D eigenvalue weighted by atomic mass is 16.6. The van der Waals surface area contributed by atoms with E-state index in [-0.39, 0.29) is 11.6 Å². The SMILES string of the molecule is CCC1=C2C(Nc3ccc4c(cnn4Cc4ccccc4)c3)=NC=NC2N=C1NC(=O)OC1CCC(C)(N)CC1. The van der Waals surface area contributed by atoms with E-state index in [1.807, 2.05) is 49.0 Å². The lowest BCUT2D eigenvalue weighted by molar-refractivity contribution is 0.0644. The average Bonchev–Trinajstić information content (AvgIpc) is 3.51. The maximum atomic E-state index is 12.7. The quantitative estimate of drug-likeness (QED) is 0.431. The Kier molecular flexibility index (Phi) is 6.93. The number of nitrogens with zero attached hydrogens (tertiary/aromatic N) is 5. The van der Waals surface area contributed by atoms with Gasteiger partial charge in [0.25, 0.3) is 0 Å². The molecule has 0 saturated heterocycles. The average molecular weight is 539 g/mol. The first kappa shape index (κ1) is 25.9. The molecule has 1 atom stereocenters. The molecule has 2 aliphatic heterocycles. The zero-order chi connectivity index (χ0) is 27.7. The van der Waals surface area contributed by atoms with Crippen LogP contribution < -0.4 is 16.4 Å². The van der Waals surface area contributed by atoms with Crippen molar-refractivity contribution < 1.29 is 9.53 Å². The number of nitrogens with two attached hydrogens (primary N) is 1. The molecule has 3 aliphatic rings. The predicted molar refractivity (Wildman–Crippen MR) is 158 cm³/mol. The molecule has 1 amide bonds. The number of hydrogen-bond donors (Lipinski definition) is 3. The molecule has 1 fully saturated rings.